The summed E-state index contributed by atoms with van der Waals surface area (Å²) < 4.78 is 31.3. The topological polar surface area (TPSA) is 63.4 Å². The lowest BCUT2D eigenvalue weighted by Gasteiger charge is -2.21. The summed E-state index contributed by atoms with van der Waals surface area (Å²) in [6, 6.07) is 1.70. The molecule has 0 bridgehead atoms. The molecule has 5 nitrogen and oxygen atoms in total. The van der Waals surface area contributed by atoms with E-state index in [1.54, 1.807) is 4.31 Å². The lowest BCUT2D eigenvalue weighted by atomic mass is 10.2. The minimum Gasteiger partial charge on any atom is -0.359 e. The van der Waals surface area contributed by atoms with E-state index in [-0.39, 0.29) is 11.3 Å². The normalized spacial score (nSPS) is 26.5. The van der Waals surface area contributed by atoms with Crippen molar-refractivity contribution in [3.8, 4) is 0 Å². The van der Waals surface area contributed by atoms with Gasteiger partial charge in [0.1, 0.15) is 0 Å². The summed E-state index contributed by atoms with van der Waals surface area (Å²) in [6.07, 6.45) is 3.35. The molecule has 1 atom stereocenters. The lowest BCUT2D eigenvalue weighted by molar-refractivity contribution is 0.297. The maximum absolute atomic E-state index is 12.2. The predicted octanol–water partition coefficient (Wildman–Crippen LogP) is 1.61. The second-order valence-corrected chi connectivity index (χ2v) is 7.05. The fourth-order valence-electron chi connectivity index (χ4n) is 2.43. The van der Waals surface area contributed by atoms with Gasteiger partial charge in [-0.3, -0.25) is 0 Å². The van der Waals surface area contributed by atoms with Crippen molar-refractivity contribution < 1.29 is 12.9 Å². The number of aryl methyl sites for hydroxylation is 1. The van der Waals surface area contributed by atoms with E-state index < -0.39 is 10.0 Å². The van der Waals surface area contributed by atoms with Gasteiger partial charge in [0.25, 0.3) is 0 Å². The quantitative estimate of drug-likeness (QED) is 0.824. The smallest absolute Gasteiger partial charge is 0.217 e. The zero-order chi connectivity index (χ0) is 12.0. The van der Waals surface area contributed by atoms with Gasteiger partial charge in [-0.25, -0.2) is 8.42 Å². The maximum atomic E-state index is 12.2. The Bertz CT molecular complexity index is 519. The first-order chi connectivity index (χ1) is 8.09. The monoisotopic (exact) mass is 256 g/mol. The van der Waals surface area contributed by atoms with E-state index in [1.807, 2.05) is 13.0 Å². The number of hydrogen-bond acceptors (Lipinski definition) is 4. The van der Waals surface area contributed by atoms with Crippen LogP contribution in [0.1, 0.15) is 43.2 Å². The molecule has 1 aromatic rings. The van der Waals surface area contributed by atoms with Crippen LogP contribution in [-0.2, 0) is 10.0 Å². The van der Waals surface area contributed by atoms with Crippen molar-refractivity contribution in [2.24, 2.45) is 0 Å². The summed E-state index contributed by atoms with van der Waals surface area (Å²) in [6.45, 7) is 2.46. The van der Waals surface area contributed by atoms with Gasteiger partial charge in [0, 0.05) is 12.6 Å². The van der Waals surface area contributed by atoms with Gasteiger partial charge in [0.2, 0.25) is 10.0 Å². The van der Waals surface area contributed by atoms with Crippen molar-refractivity contribution in [3.05, 3.63) is 17.5 Å². The number of hydrogen-bond donors (Lipinski definition) is 0. The van der Waals surface area contributed by atoms with Crippen LogP contribution in [0.3, 0.4) is 0 Å². The van der Waals surface area contributed by atoms with Gasteiger partial charge < -0.3 is 4.52 Å². The van der Waals surface area contributed by atoms with Crippen LogP contribution in [0.2, 0.25) is 0 Å². The largest absolute Gasteiger partial charge is 0.359 e. The third kappa shape index (κ3) is 1.89. The molecule has 1 saturated heterocycles. The lowest BCUT2D eigenvalue weighted by Crippen LogP contribution is -2.33. The molecule has 2 fully saturated rings. The van der Waals surface area contributed by atoms with Crippen LogP contribution in [0.4, 0.5) is 0 Å². The van der Waals surface area contributed by atoms with Crippen molar-refractivity contribution in [1.82, 2.24) is 9.46 Å². The van der Waals surface area contributed by atoms with Gasteiger partial charge in [0.05, 0.1) is 17.0 Å². The van der Waals surface area contributed by atoms with E-state index in [2.05, 4.69) is 5.16 Å². The molecule has 3 rings (SSSR count). The Morgan fingerprint density at radius 2 is 2.18 bits per heavy atom. The van der Waals surface area contributed by atoms with Gasteiger partial charge in [-0.15, -0.1) is 0 Å². The average molecular weight is 256 g/mol. The molecule has 0 amide bonds. The van der Waals surface area contributed by atoms with Crippen molar-refractivity contribution in [2.45, 2.75) is 43.9 Å². The zero-order valence-electron chi connectivity index (χ0n) is 9.80. The van der Waals surface area contributed by atoms with Crippen LogP contribution in [0.15, 0.2) is 10.6 Å². The van der Waals surface area contributed by atoms with Crippen LogP contribution in [0.25, 0.3) is 0 Å². The first kappa shape index (κ1) is 11.2. The Kier molecular flexibility index (Phi) is 2.52. The summed E-state index contributed by atoms with van der Waals surface area (Å²) >= 11 is 0. The molecule has 1 saturated carbocycles. The van der Waals surface area contributed by atoms with E-state index in [0.717, 1.165) is 31.4 Å². The van der Waals surface area contributed by atoms with Crippen LogP contribution >= 0.6 is 0 Å². The molecular formula is C11H16N2O3S. The van der Waals surface area contributed by atoms with Crippen LogP contribution in [0, 0.1) is 6.92 Å². The molecule has 0 radical (unpaired) electrons. The maximum Gasteiger partial charge on any atom is 0.217 e. The van der Waals surface area contributed by atoms with Crippen LogP contribution < -0.4 is 0 Å². The first-order valence-electron chi connectivity index (χ1n) is 6.03. The number of nitrogens with zero attached hydrogens (tertiary/aromatic N) is 2. The predicted molar refractivity (Wildman–Crippen MR) is 61.9 cm³/mol. The minimum absolute atomic E-state index is 0.137. The Morgan fingerprint density at radius 1 is 1.41 bits per heavy atom. The molecular weight excluding hydrogens is 240 g/mol. The molecule has 1 unspecified atom stereocenters. The van der Waals surface area contributed by atoms with Crippen molar-refractivity contribution in [1.29, 1.82) is 0 Å². The summed E-state index contributed by atoms with van der Waals surface area (Å²) in [5.74, 6) is 0.684. The molecule has 94 valence electrons. The average Bonchev–Trinajstić information content (AvgIpc) is 2.87. The molecule has 6 heteroatoms. The molecule has 1 aliphatic heterocycles. The highest BCUT2D eigenvalue weighted by molar-refractivity contribution is 7.90. The molecule has 0 aromatic carbocycles. The van der Waals surface area contributed by atoms with Gasteiger partial charge in [-0.1, -0.05) is 5.16 Å². The van der Waals surface area contributed by atoms with E-state index in [0.29, 0.717) is 12.3 Å². The highest BCUT2D eigenvalue weighted by atomic mass is 32.2. The molecule has 17 heavy (non-hydrogen) atoms. The molecule has 0 N–H and O–H groups in total. The molecule has 1 aromatic heterocycles. The van der Waals surface area contributed by atoms with E-state index in [9.17, 15) is 8.42 Å². The Morgan fingerprint density at radius 3 is 2.76 bits per heavy atom. The van der Waals surface area contributed by atoms with E-state index in [1.165, 1.54) is 0 Å². The Balaban J connectivity index is 1.89. The number of aromatic nitrogens is 1. The molecule has 2 aliphatic rings. The van der Waals surface area contributed by atoms with Crippen molar-refractivity contribution in [2.75, 3.05) is 6.54 Å². The minimum atomic E-state index is -3.11. The SMILES string of the molecule is Cc1cc(C2CCCN2S(=O)(=O)C2CC2)on1. The van der Waals surface area contributed by atoms with Gasteiger partial charge in [0.15, 0.2) is 5.76 Å². The van der Waals surface area contributed by atoms with Gasteiger partial charge in [-0.05, 0) is 32.6 Å². The fourth-order valence-corrected chi connectivity index (χ4v) is 4.49. The van der Waals surface area contributed by atoms with Gasteiger partial charge in [-0.2, -0.15) is 4.31 Å². The zero-order valence-corrected chi connectivity index (χ0v) is 10.6. The molecule has 0 spiro atoms. The fraction of sp³-hybridized carbons (Fsp3) is 0.727. The highest BCUT2D eigenvalue weighted by Gasteiger charge is 2.45. The number of rotatable bonds is 3. The summed E-state index contributed by atoms with van der Waals surface area (Å²) in [7, 11) is -3.11. The Labute approximate surface area is 101 Å². The summed E-state index contributed by atoms with van der Waals surface area (Å²) in [4.78, 5) is 0. The van der Waals surface area contributed by atoms with E-state index in [4.69, 9.17) is 4.52 Å². The third-order valence-electron chi connectivity index (χ3n) is 3.45. The second-order valence-electron chi connectivity index (χ2n) is 4.88. The summed E-state index contributed by atoms with van der Waals surface area (Å²) in [5.41, 5.74) is 0.802. The van der Waals surface area contributed by atoms with E-state index >= 15 is 0 Å². The number of sulfonamides is 1. The summed E-state index contributed by atoms with van der Waals surface area (Å²) in [5, 5.41) is 3.70. The third-order valence-corrected chi connectivity index (χ3v) is 5.86. The van der Waals surface area contributed by atoms with Crippen molar-refractivity contribution >= 4 is 10.0 Å². The standard InChI is InChI=1S/C11H16N2O3S/c1-8-7-11(16-12-8)10-3-2-6-13(10)17(14,15)9-4-5-9/h7,9-10H,2-6H2,1H3. The highest BCUT2D eigenvalue weighted by Crippen LogP contribution is 2.40. The molecule has 2 heterocycles. The van der Waals surface area contributed by atoms with Crippen LogP contribution in [0.5, 0.6) is 0 Å². The first-order valence-corrected chi connectivity index (χ1v) is 7.53. The van der Waals surface area contributed by atoms with Crippen LogP contribution in [-0.4, -0.2) is 29.7 Å². The second kappa shape index (κ2) is 3.81. The van der Waals surface area contributed by atoms with Gasteiger partial charge >= 0.3 is 0 Å². The van der Waals surface area contributed by atoms with Crippen molar-refractivity contribution in [3.63, 3.8) is 0 Å². The molecule has 1 aliphatic carbocycles. The Hall–Kier alpha value is -0.880.